The minimum absolute atomic E-state index is 0.101. The SMILES string of the molecule is CCCC(C(=O)NC(C)C(O)c1ccc(F)cc1)N(C)C. The van der Waals surface area contributed by atoms with Crippen molar-refractivity contribution < 1.29 is 14.3 Å². The van der Waals surface area contributed by atoms with Gasteiger partial charge in [0.1, 0.15) is 5.82 Å². The molecule has 118 valence electrons. The van der Waals surface area contributed by atoms with Crippen molar-refractivity contribution >= 4 is 5.91 Å². The number of amides is 1. The number of hydrogen-bond acceptors (Lipinski definition) is 3. The number of aliphatic hydroxyl groups is 1. The zero-order valence-electron chi connectivity index (χ0n) is 13.1. The van der Waals surface area contributed by atoms with Crippen molar-refractivity contribution in [2.75, 3.05) is 14.1 Å². The zero-order chi connectivity index (χ0) is 16.0. The minimum atomic E-state index is -0.862. The highest BCUT2D eigenvalue weighted by molar-refractivity contribution is 5.82. The summed E-state index contributed by atoms with van der Waals surface area (Å²) < 4.78 is 12.9. The highest BCUT2D eigenvalue weighted by Crippen LogP contribution is 2.17. The van der Waals surface area contributed by atoms with E-state index in [1.807, 2.05) is 25.9 Å². The molecule has 0 bridgehead atoms. The fourth-order valence-electron chi connectivity index (χ4n) is 2.25. The molecule has 0 fully saturated rings. The molecule has 5 heteroatoms. The lowest BCUT2D eigenvalue weighted by Gasteiger charge is -2.27. The van der Waals surface area contributed by atoms with Gasteiger partial charge in [-0.25, -0.2) is 4.39 Å². The van der Waals surface area contributed by atoms with Crippen molar-refractivity contribution in [1.82, 2.24) is 10.2 Å². The molecule has 2 N–H and O–H groups in total. The number of carbonyl (C=O) groups is 1. The first-order chi connectivity index (χ1) is 9.86. The summed E-state index contributed by atoms with van der Waals surface area (Å²) >= 11 is 0. The number of nitrogens with zero attached hydrogens (tertiary/aromatic N) is 1. The molecule has 0 aliphatic heterocycles. The molecular weight excluding hydrogens is 271 g/mol. The van der Waals surface area contributed by atoms with Crippen LogP contribution < -0.4 is 5.32 Å². The van der Waals surface area contributed by atoms with Crippen LogP contribution in [0.25, 0.3) is 0 Å². The first-order valence-electron chi connectivity index (χ1n) is 7.27. The third-order valence-electron chi connectivity index (χ3n) is 3.54. The highest BCUT2D eigenvalue weighted by Gasteiger charge is 2.24. The Bertz CT molecular complexity index is 448. The van der Waals surface area contributed by atoms with Crippen LogP contribution in [0.3, 0.4) is 0 Å². The molecule has 1 aromatic rings. The van der Waals surface area contributed by atoms with E-state index in [9.17, 15) is 14.3 Å². The van der Waals surface area contributed by atoms with Crippen LogP contribution in [0.4, 0.5) is 4.39 Å². The van der Waals surface area contributed by atoms with Gasteiger partial charge in [-0.3, -0.25) is 9.69 Å². The predicted molar refractivity (Wildman–Crippen MR) is 81.3 cm³/mol. The maximum absolute atomic E-state index is 12.9. The summed E-state index contributed by atoms with van der Waals surface area (Å²) in [7, 11) is 3.72. The summed E-state index contributed by atoms with van der Waals surface area (Å²) in [5, 5.41) is 13.1. The second-order valence-electron chi connectivity index (χ2n) is 5.56. The Morgan fingerprint density at radius 2 is 1.90 bits per heavy atom. The molecule has 1 rings (SSSR count). The van der Waals surface area contributed by atoms with Gasteiger partial charge < -0.3 is 10.4 Å². The highest BCUT2D eigenvalue weighted by atomic mass is 19.1. The van der Waals surface area contributed by atoms with Crippen LogP contribution in [-0.4, -0.2) is 42.1 Å². The number of rotatable bonds is 7. The van der Waals surface area contributed by atoms with E-state index in [2.05, 4.69) is 5.32 Å². The van der Waals surface area contributed by atoms with Gasteiger partial charge >= 0.3 is 0 Å². The largest absolute Gasteiger partial charge is 0.386 e. The summed E-state index contributed by atoms with van der Waals surface area (Å²) in [4.78, 5) is 14.1. The molecular formula is C16H25FN2O2. The lowest BCUT2D eigenvalue weighted by atomic mass is 10.0. The molecule has 0 aromatic heterocycles. The van der Waals surface area contributed by atoms with Crippen LogP contribution >= 0.6 is 0 Å². The minimum Gasteiger partial charge on any atom is -0.386 e. The van der Waals surface area contributed by atoms with Crippen LogP contribution in [0, 0.1) is 5.82 Å². The topological polar surface area (TPSA) is 52.6 Å². The van der Waals surface area contributed by atoms with Crippen molar-refractivity contribution in [3.8, 4) is 0 Å². The van der Waals surface area contributed by atoms with Crippen molar-refractivity contribution in [3.05, 3.63) is 35.6 Å². The summed E-state index contributed by atoms with van der Waals surface area (Å²) in [6, 6.07) is 5.00. The normalized spacial score (nSPS) is 15.6. The summed E-state index contributed by atoms with van der Waals surface area (Å²) in [6.45, 7) is 3.77. The lowest BCUT2D eigenvalue weighted by Crippen LogP contribution is -2.48. The molecule has 3 unspecified atom stereocenters. The van der Waals surface area contributed by atoms with Gasteiger partial charge in [0.25, 0.3) is 0 Å². The van der Waals surface area contributed by atoms with Crippen LogP contribution in [0.1, 0.15) is 38.4 Å². The summed E-state index contributed by atoms with van der Waals surface area (Å²) in [5.41, 5.74) is 0.584. The van der Waals surface area contributed by atoms with Gasteiger partial charge in [-0.1, -0.05) is 25.5 Å². The molecule has 1 amide bonds. The number of hydrogen-bond donors (Lipinski definition) is 2. The molecule has 0 radical (unpaired) electrons. The fourth-order valence-corrected chi connectivity index (χ4v) is 2.25. The van der Waals surface area contributed by atoms with Gasteiger partial charge in [0.2, 0.25) is 5.91 Å². The van der Waals surface area contributed by atoms with Crippen LogP contribution in [0.2, 0.25) is 0 Å². The van der Waals surface area contributed by atoms with E-state index in [-0.39, 0.29) is 17.8 Å². The molecule has 4 nitrogen and oxygen atoms in total. The van der Waals surface area contributed by atoms with E-state index >= 15 is 0 Å². The first kappa shape index (κ1) is 17.6. The molecule has 0 aliphatic rings. The smallest absolute Gasteiger partial charge is 0.237 e. The number of benzene rings is 1. The van der Waals surface area contributed by atoms with Crippen molar-refractivity contribution in [1.29, 1.82) is 0 Å². The van der Waals surface area contributed by atoms with Gasteiger partial charge in [0.05, 0.1) is 18.2 Å². The third kappa shape index (κ3) is 5.10. The predicted octanol–water partition coefficient (Wildman–Crippen LogP) is 2.09. The van der Waals surface area contributed by atoms with Crippen molar-refractivity contribution in [2.24, 2.45) is 0 Å². The first-order valence-corrected chi connectivity index (χ1v) is 7.27. The van der Waals surface area contributed by atoms with E-state index in [0.717, 1.165) is 12.8 Å². The number of carbonyl (C=O) groups excluding carboxylic acids is 1. The standard InChI is InChI=1S/C16H25FN2O2/c1-5-6-14(19(3)4)16(21)18-11(2)15(20)12-7-9-13(17)10-8-12/h7-11,14-15,20H,5-6H2,1-4H3,(H,18,21). The third-order valence-corrected chi connectivity index (χ3v) is 3.54. The Morgan fingerprint density at radius 1 is 1.33 bits per heavy atom. The van der Waals surface area contributed by atoms with E-state index < -0.39 is 12.1 Å². The Labute approximate surface area is 126 Å². The molecule has 0 aliphatic carbocycles. The maximum Gasteiger partial charge on any atom is 0.237 e. The lowest BCUT2D eigenvalue weighted by molar-refractivity contribution is -0.127. The molecule has 0 saturated carbocycles. The Kier molecular flexibility index (Phi) is 6.78. The molecule has 0 heterocycles. The second kappa shape index (κ2) is 8.10. The number of halogens is 1. The molecule has 1 aromatic carbocycles. The van der Waals surface area contributed by atoms with Gasteiger partial charge in [0.15, 0.2) is 0 Å². The fraction of sp³-hybridized carbons (Fsp3) is 0.562. The van der Waals surface area contributed by atoms with Crippen LogP contribution in [0.5, 0.6) is 0 Å². The molecule has 0 saturated heterocycles. The van der Waals surface area contributed by atoms with Gasteiger partial charge in [-0.2, -0.15) is 0 Å². The van der Waals surface area contributed by atoms with Gasteiger partial charge in [0, 0.05) is 0 Å². The number of nitrogens with one attached hydrogen (secondary N) is 1. The summed E-state index contributed by atoms with van der Waals surface area (Å²) in [6.07, 6.45) is 0.808. The Morgan fingerprint density at radius 3 is 2.38 bits per heavy atom. The molecule has 0 spiro atoms. The van der Waals surface area contributed by atoms with E-state index in [4.69, 9.17) is 0 Å². The second-order valence-corrected chi connectivity index (χ2v) is 5.56. The van der Waals surface area contributed by atoms with Crippen LogP contribution in [-0.2, 0) is 4.79 Å². The van der Waals surface area contributed by atoms with Crippen molar-refractivity contribution in [3.63, 3.8) is 0 Å². The van der Waals surface area contributed by atoms with Crippen LogP contribution in [0.15, 0.2) is 24.3 Å². The summed E-state index contributed by atoms with van der Waals surface area (Å²) in [5.74, 6) is -0.450. The molecule has 21 heavy (non-hydrogen) atoms. The Hall–Kier alpha value is -1.46. The maximum atomic E-state index is 12.9. The number of likely N-dealkylation sites (N-methyl/N-ethyl adjacent to an activating group) is 1. The monoisotopic (exact) mass is 296 g/mol. The number of aliphatic hydroxyl groups excluding tert-OH is 1. The average Bonchev–Trinajstić information content (AvgIpc) is 2.44. The van der Waals surface area contributed by atoms with Crippen molar-refractivity contribution in [2.45, 2.75) is 44.9 Å². The molecule has 3 atom stereocenters. The van der Waals surface area contributed by atoms with E-state index in [1.54, 1.807) is 6.92 Å². The van der Waals surface area contributed by atoms with Gasteiger partial charge in [-0.15, -0.1) is 0 Å². The average molecular weight is 296 g/mol. The van der Waals surface area contributed by atoms with E-state index in [0.29, 0.717) is 5.56 Å². The van der Waals surface area contributed by atoms with Gasteiger partial charge in [-0.05, 0) is 45.1 Å². The Balaban J connectivity index is 2.68. The van der Waals surface area contributed by atoms with E-state index in [1.165, 1.54) is 24.3 Å². The quantitative estimate of drug-likeness (QED) is 0.810. The zero-order valence-corrected chi connectivity index (χ0v) is 13.1.